The number of benzene rings is 3. The van der Waals surface area contributed by atoms with Crippen LogP contribution in [0, 0.1) is 0 Å². The maximum atomic E-state index is 13.4. The Labute approximate surface area is 172 Å². The zero-order valence-corrected chi connectivity index (χ0v) is 16.2. The van der Waals surface area contributed by atoms with Gasteiger partial charge in [0.25, 0.3) is 5.56 Å². The molecule has 3 aromatic carbocycles. The topological polar surface area (TPSA) is 51.1 Å². The molecule has 1 atom stereocenters. The molecule has 5 rings (SSSR count). The van der Waals surface area contributed by atoms with Crippen LogP contribution in [0.5, 0.6) is 0 Å². The predicted octanol–water partition coefficient (Wildman–Crippen LogP) is 5.06. The Morgan fingerprint density at radius 3 is 2.28 bits per heavy atom. The van der Waals surface area contributed by atoms with Crippen LogP contribution in [0.1, 0.15) is 11.6 Å². The molecule has 0 spiro atoms. The van der Waals surface area contributed by atoms with Crippen LogP contribution in [-0.2, 0) is 11.2 Å². The smallest absolute Gasteiger partial charge is 0.260 e. The number of hydrogen-bond donors (Lipinski definition) is 1. The Hall–Kier alpha value is -3.37. The largest absolute Gasteiger partial charge is 0.310 e. The van der Waals surface area contributed by atoms with Gasteiger partial charge in [-0.1, -0.05) is 78.3 Å². The number of carbonyl (C=O) groups excluding carboxylic acids is 1. The summed E-state index contributed by atoms with van der Waals surface area (Å²) < 4.78 is 1.59. The van der Waals surface area contributed by atoms with E-state index in [1.165, 1.54) is 0 Å². The standard InChI is InChI=1S/C24H17ClN2O2/c25-17-11-12-18-19(14-17)24(29)27-20(13-15-7-3-1-4-8-15)23(28)26-22(27)21(18)16-9-5-2-6-10-16/h1-12,14,20H,13H2,(H,26,28). The molecule has 0 saturated carbocycles. The Kier molecular flexibility index (Phi) is 4.22. The van der Waals surface area contributed by atoms with Gasteiger partial charge in [-0.2, -0.15) is 0 Å². The number of nitrogens with one attached hydrogen (secondary N) is 1. The highest BCUT2D eigenvalue weighted by Crippen LogP contribution is 2.39. The van der Waals surface area contributed by atoms with E-state index < -0.39 is 6.04 Å². The van der Waals surface area contributed by atoms with Crippen molar-refractivity contribution in [2.45, 2.75) is 12.5 Å². The molecule has 4 nitrogen and oxygen atoms in total. The molecule has 0 aliphatic carbocycles. The van der Waals surface area contributed by atoms with Gasteiger partial charge in [-0.15, -0.1) is 0 Å². The molecule has 1 N–H and O–H groups in total. The van der Waals surface area contributed by atoms with E-state index in [4.69, 9.17) is 11.6 Å². The number of nitrogens with zero attached hydrogens (tertiary/aromatic N) is 1. The first-order valence-electron chi connectivity index (χ1n) is 9.41. The van der Waals surface area contributed by atoms with E-state index in [2.05, 4.69) is 5.32 Å². The van der Waals surface area contributed by atoms with E-state index in [0.717, 1.165) is 22.1 Å². The average molecular weight is 401 g/mol. The van der Waals surface area contributed by atoms with Gasteiger partial charge in [0.05, 0.1) is 0 Å². The molecule has 0 saturated heterocycles. The van der Waals surface area contributed by atoms with Crippen LogP contribution in [0.2, 0.25) is 5.02 Å². The van der Waals surface area contributed by atoms with Crippen molar-refractivity contribution in [1.82, 2.24) is 4.57 Å². The van der Waals surface area contributed by atoms with Crippen molar-refractivity contribution in [3.63, 3.8) is 0 Å². The number of carbonyl (C=O) groups is 1. The second kappa shape index (κ2) is 6.90. The minimum Gasteiger partial charge on any atom is -0.310 e. The van der Waals surface area contributed by atoms with Gasteiger partial charge in [0.2, 0.25) is 5.91 Å². The van der Waals surface area contributed by atoms with Gasteiger partial charge < -0.3 is 5.32 Å². The molecule has 2 heterocycles. The van der Waals surface area contributed by atoms with Crippen LogP contribution in [0.15, 0.2) is 83.7 Å². The average Bonchev–Trinajstić information content (AvgIpc) is 3.06. The zero-order valence-electron chi connectivity index (χ0n) is 15.4. The van der Waals surface area contributed by atoms with E-state index >= 15 is 0 Å². The molecule has 29 heavy (non-hydrogen) atoms. The Morgan fingerprint density at radius 2 is 1.55 bits per heavy atom. The fourth-order valence-corrected chi connectivity index (χ4v) is 4.22. The van der Waals surface area contributed by atoms with Gasteiger partial charge in [0.15, 0.2) is 0 Å². The van der Waals surface area contributed by atoms with Crippen LogP contribution < -0.4 is 10.9 Å². The summed E-state index contributed by atoms with van der Waals surface area (Å²) in [5.74, 6) is 0.367. The molecule has 1 aliphatic rings. The van der Waals surface area contributed by atoms with Crippen molar-refractivity contribution in [2.75, 3.05) is 5.32 Å². The molecule has 1 aromatic heterocycles. The van der Waals surface area contributed by atoms with E-state index in [0.29, 0.717) is 22.6 Å². The minimum absolute atomic E-state index is 0.176. The molecule has 1 aliphatic heterocycles. The maximum Gasteiger partial charge on any atom is 0.260 e. The summed E-state index contributed by atoms with van der Waals surface area (Å²) in [7, 11) is 0. The number of anilines is 1. The summed E-state index contributed by atoms with van der Waals surface area (Å²) in [4.78, 5) is 26.3. The van der Waals surface area contributed by atoms with Gasteiger partial charge in [0, 0.05) is 22.4 Å². The lowest BCUT2D eigenvalue weighted by molar-refractivity contribution is -0.118. The molecule has 5 heteroatoms. The van der Waals surface area contributed by atoms with Gasteiger partial charge in [-0.25, -0.2) is 0 Å². The summed E-state index contributed by atoms with van der Waals surface area (Å²) in [6, 6.07) is 24.2. The normalized spacial score (nSPS) is 15.3. The van der Waals surface area contributed by atoms with Crippen molar-refractivity contribution in [3.8, 4) is 11.1 Å². The van der Waals surface area contributed by atoms with Crippen LogP contribution in [0.25, 0.3) is 21.9 Å². The number of pyridine rings is 1. The molecule has 1 amide bonds. The molecule has 142 valence electrons. The first-order chi connectivity index (χ1) is 14.1. The van der Waals surface area contributed by atoms with Crippen LogP contribution in [-0.4, -0.2) is 10.5 Å². The van der Waals surface area contributed by atoms with E-state index in [9.17, 15) is 9.59 Å². The zero-order chi connectivity index (χ0) is 20.0. The Bertz CT molecular complexity index is 1300. The predicted molar refractivity (Wildman–Crippen MR) is 116 cm³/mol. The fourth-order valence-electron chi connectivity index (χ4n) is 4.05. The first-order valence-corrected chi connectivity index (χ1v) is 9.79. The SMILES string of the molecule is O=C1Nc2c(-c3ccccc3)c3ccc(Cl)cc3c(=O)n2C1Cc1ccccc1. The highest BCUT2D eigenvalue weighted by atomic mass is 35.5. The van der Waals surface area contributed by atoms with Crippen LogP contribution in [0.4, 0.5) is 5.82 Å². The second-order valence-corrected chi connectivity index (χ2v) is 7.59. The van der Waals surface area contributed by atoms with Gasteiger partial charge in [0.1, 0.15) is 11.9 Å². The van der Waals surface area contributed by atoms with Gasteiger partial charge in [-0.05, 0) is 28.6 Å². The third-order valence-electron chi connectivity index (χ3n) is 5.37. The molecule has 0 radical (unpaired) electrons. The van der Waals surface area contributed by atoms with Crippen molar-refractivity contribution in [3.05, 3.63) is 99.8 Å². The van der Waals surface area contributed by atoms with E-state index in [1.807, 2.05) is 66.7 Å². The first kappa shape index (κ1) is 17.7. The summed E-state index contributed by atoms with van der Waals surface area (Å²) in [6.45, 7) is 0. The summed E-state index contributed by atoms with van der Waals surface area (Å²) in [5.41, 5.74) is 2.56. The quantitative estimate of drug-likeness (QED) is 0.522. The molecular weight excluding hydrogens is 384 g/mol. The third kappa shape index (κ3) is 2.93. The number of rotatable bonds is 3. The van der Waals surface area contributed by atoms with Crippen molar-refractivity contribution < 1.29 is 4.79 Å². The second-order valence-electron chi connectivity index (χ2n) is 7.15. The molecular formula is C24H17ClN2O2. The summed E-state index contributed by atoms with van der Waals surface area (Å²) in [5, 5.41) is 4.75. The van der Waals surface area contributed by atoms with Gasteiger partial charge in [-0.3, -0.25) is 14.2 Å². The van der Waals surface area contributed by atoms with Crippen molar-refractivity contribution >= 4 is 34.1 Å². The molecule has 4 aromatic rings. The third-order valence-corrected chi connectivity index (χ3v) is 5.60. The Morgan fingerprint density at radius 1 is 0.862 bits per heavy atom. The highest BCUT2D eigenvalue weighted by molar-refractivity contribution is 6.31. The highest BCUT2D eigenvalue weighted by Gasteiger charge is 2.34. The van der Waals surface area contributed by atoms with E-state index in [1.54, 1.807) is 16.7 Å². The van der Waals surface area contributed by atoms with Crippen LogP contribution in [0.3, 0.4) is 0 Å². The summed E-state index contributed by atoms with van der Waals surface area (Å²) >= 11 is 6.20. The summed E-state index contributed by atoms with van der Waals surface area (Å²) in [6.07, 6.45) is 0.444. The van der Waals surface area contributed by atoms with Gasteiger partial charge >= 0.3 is 0 Å². The molecule has 0 fully saturated rings. The van der Waals surface area contributed by atoms with E-state index in [-0.39, 0.29) is 11.5 Å². The molecule has 1 unspecified atom stereocenters. The lowest BCUT2D eigenvalue weighted by Gasteiger charge is -2.16. The van der Waals surface area contributed by atoms with Crippen LogP contribution >= 0.6 is 11.6 Å². The number of hydrogen-bond acceptors (Lipinski definition) is 2. The van der Waals surface area contributed by atoms with Crippen molar-refractivity contribution in [2.24, 2.45) is 0 Å². The Balaban J connectivity index is 1.81. The number of halogens is 1. The fraction of sp³-hybridized carbons (Fsp3) is 0.0833. The minimum atomic E-state index is -0.606. The maximum absolute atomic E-state index is 13.4. The molecule has 0 bridgehead atoms. The number of aromatic nitrogens is 1. The lowest BCUT2D eigenvalue weighted by Crippen LogP contribution is -2.26. The monoisotopic (exact) mass is 400 g/mol. The number of fused-ring (bicyclic) bond motifs is 2. The number of amides is 1. The lowest BCUT2D eigenvalue weighted by atomic mass is 9.99. The van der Waals surface area contributed by atoms with Crippen molar-refractivity contribution in [1.29, 1.82) is 0 Å².